The zero-order valence-corrected chi connectivity index (χ0v) is 14.3. The molecule has 0 aromatic heterocycles. The standard InChI is InChI=1S/C18H32O4/c1-4-5-6-7-8-15-11-14(16(19)20)9-10-18(15,17(21)22)12-13(2)3/h13-15H,4-12H2,1-3H3,(H,19,20)(H,21,22). The Morgan fingerprint density at radius 1 is 1.18 bits per heavy atom. The Morgan fingerprint density at radius 2 is 1.86 bits per heavy atom. The van der Waals surface area contributed by atoms with Crippen LogP contribution in [0.5, 0.6) is 0 Å². The van der Waals surface area contributed by atoms with E-state index in [4.69, 9.17) is 0 Å². The van der Waals surface area contributed by atoms with Crippen LogP contribution in [0.4, 0.5) is 0 Å². The van der Waals surface area contributed by atoms with Crippen molar-refractivity contribution in [2.45, 2.75) is 78.6 Å². The van der Waals surface area contributed by atoms with Gasteiger partial charge in [0.2, 0.25) is 0 Å². The van der Waals surface area contributed by atoms with Crippen molar-refractivity contribution in [3.05, 3.63) is 0 Å². The van der Waals surface area contributed by atoms with Crippen molar-refractivity contribution < 1.29 is 19.8 Å². The number of aliphatic carboxylic acids is 2. The number of rotatable bonds is 9. The molecule has 1 rings (SSSR count). The van der Waals surface area contributed by atoms with E-state index in [1.165, 1.54) is 6.42 Å². The molecule has 0 radical (unpaired) electrons. The molecule has 0 aromatic carbocycles. The Bertz CT molecular complexity index is 377. The second-order valence-electron chi connectivity index (χ2n) is 7.42. The van der Waals surface area contributed by atoms with Gasteiger partial charge in [-0.1, -0.05) is 46.5 Å². The predicted octanol–water partition coefficient (Wildman–Crippen LogP) is 4.57. The average Bonchev–Trinajstić information content (AvgIpc) is 2.43. The van der Waals surface area contributed by atoms with Crippen LogP contribution in [0.25, 0.3) is 0 Å². The molecule has 4 heteroatoms. The number of carboxylic acids is 2. The summed E-state index contributed by atoms with van der Waals surface area (Å²) in [5, 5.41) is 19.2. The maximum absolute atomic E-state index is 12.0. The van der Waals surface area contributed by atoms with Gasteiger partial charge >= 0.3 is 11.9 Å². The van der Waals surface area contributed by atoms with Gasteiger partial charge in [0.15, 0.2) is 0 Å². The van der Waals surface area contributed by atoms with Crippen LogP contribution in [0.1, 0.15) is 78.6 Å². The highest BCUT2D eigenvalue weighted by atomic mass is 16.4. The fraction of sp³-hybridized carbons (Fsp3) is 0.889. The number of hydrogen-bond donors (Lipinski definition) is 2. The van der Waals surface area contributed by atoms with Gasteiger partial charge in [-0.15, -0.1) is 0 Å². The number of carbonyl (C=O) groups is 2. The molecule has 22 heavy (non-hydrogen) atoms. The summed E-state index contributed by atoms with van der Waals surface area (Å²) in [5.41, 5.74) is -0.716. The first-order valence-corrected chi connectivity index (χ1v) is 8.79. The molecule has 1 aliphatic carbocycles. The predicted molar refractivity (Wildman–Crippen MR) is 86.7 cm³/mol. The van der Waals surface area contributed by atoms with Crippen LogP contribution in [0.2, 0.25) is 0 Å². The summed E-state index contributed by atoms with van der Waals surface area (Å²) in [6, 6.07) is 0. The molecule has 4 nitrogen and oxygen atoms in total. The molecule has 0 amide bonds. The molecule has 0 bridgehead atoms. The summed E-state index contributed by atoms with van der Waals surface area (Å²) in [5.74, 6) is -1.53. The molecule has 3 unspecified atom stereocenters. The summed E-state index contributed by atoms with van der Waals surface area (Å²) in [6.45, 7) is 6.27. The fourth-order valence-electron chi connectivity index (χ4n) is 4.12. The molecule has 0 aromatic rings. The van der Waals surface area contributed by atoms with Crippen molar-refractivity contribution >= 4 is 11.9 Å². The van der Waals surface area contributed by atoms with Gasteiger partial charge < -0.3 is 10.2 Å². The lowest BCUT2D eigenvalue weighted by Crippen LogP contribution is -2.45. The van der Waals surface area contributed by atoms with Gasteiger partial charge in [-0.05, 0) is 43.9 Å². The Kier molecular flexibility index (Phi) is 7.37. The minimum atomic E-state index is -0.762. The fourth-order valence-corrected chi connectivity index (χ4v) is 4.12. The van der Waals surface area contributed by atoms with E-state index >= 15 is 0 Å². The van der Waals surface area contributed by atoms with Crippen LogP contribution in [0, 0.1) is 23.2 Å². The van der Waals surface area contributed by atoms with Gasteiger partial charge in [0.1, 0.15) is 0 Å². The molecule has 0 aliphatic heterocycles. The second-order valence-corrected chi connectivity index (χ2v) is 7.42. The zero-order chi connectivity index (χ0) is 16.8. The third-order valence-electron chi connectivity index (χ3n) is 5.24. The summed E-state index contributed by atoms with van der Waals surface area (Å²) in [6.07, 6.45) is 7.49. The van der Waals surface area contributed by atoms with E-state index in [0.29, 0.717) is 31.6 Å². The van der Waals surface area contributed by atoms with Gasteiger partial charge in [-0.3, -0.25) is 9.59 Å². The molecule has 0 heterocycles. The molecule has 3 atom stereocenters. The van der Waals surface area contributed by atoms with Gasteiger partial charge in [-0.25, -0.2) is 0 Å². The van der Waals surface area contributed by atoms with Crippen molar-refractivity contribution in [1.29, 1.82) is 0 Å². The zero-order valence-electron chi connectivity index (χ0n) is 14.3. The SMILES string of the molecule is CCCCCCC1CC(C(=O)O)CCC1(CC(C)C)C(=O)O. The van der Waals surface area contributed by atoms with Crippen molar-refractivity contribution in [2.75, 3.05) is 0 Å². The van der Waals surface area contributed by atoms with E-state index in [9.17, 15) is 19.8 Å². The molecule has 1 saturated carbocycles. The molecule has 1 aliphatic rings. The summed E-state index contributed by atoms with van der Waals surface area (Å²) < 4.78 is 0. The monoisotopic (exact) mass is 312 g/mol. The highest BCUT2D eigenvalue weighted by molar-refractivity contribution is 5.76. The van der Waals surface area contributed by atoms with E-state index in [1.54, 1.807) is 0 Å². The van der Waals surface area contributed by atoms with Gasteiger partial charge in [0, 0.05) is 0 Å². The normalized spacial score (nSPS) is 28.7. The lowest BCUT2D eigenvalue weighted by molar-refractivity contribution is -0.162. The van der Waals surface area contributed by atoms with E-state index in [0.717, 1.165) is 25.7 Å². The third kappa shape index (κ3) is 4.72. The Labute approximate surface area is 134 Å². The minimum absolute atomic E-state index is 0.000828. The van der Waals surface area contributed by atoms with Crippen LogP contribution in [-0.4, -0.2) is 22.2 Å². The van der Waals surface area contributed by atoms with Crippen LogP contribution in [-0.2, 0) is 9.59 Å². The van der Waals surface area contributed by atoms with Crippen LogP contribution >= 0.6 is 0 Å². The lowest BCUT2D eigenvalue weighted by atomic mass is 9.59. The van der Waals surface area contributed by atoms with Crippen molar-refractivity contribution in [3.63, 3.8) is 0 Å². The average molecular weight is 312 g/mol. The molecule has 1 fully saturated rings. The Hall–Kier alpha value is -1.06. The lowest BCUT2D eigenvalue weighted by Gasteiger charge is -2.44. The smallest absolute Gasteiger partial charge is 0.309 e. The maximum atomic E-state index is 12.0. The van der Waals surface area contributed by atoms with Gasteiger partial charge in [0.05, 0.1) is 11.3 Å². The van der Waals surface area contributed by atoms with Crippen LogP contribution in [0.3, 0.4) is 0 Å². The first-order valence-electron chi connectivity index (χ1n) is 8.79. The topological polar surface area (TPSA) is 74.6 Å². The quantitative estimate of drug-likeness (QED) is 0.611. The van der Waals surface area contributed by atoms with Crippen LogP contribution in [0.15, 0.2) is 0 Å². The third-order valence-corrected chi connectivity index (χ3v) is 5.24. The van der Waals surface area contributed by atoms with E-state index < -0.39 is 17.4 Å². The maximum Gasteiger partial charge on any atom is 0.309 e. The highest BCUT2D eigenvalue weighted by Crippen LogP contribution is 2.50. The molecule has 2 N–H and O–H groups in total. The van der Waals surface area contributed by atoms with Gasteiger partial charge in [0.25, 0.3) is 0 Å². The van der Waals surface area contributed by atoms with Gasteiger partial charge in [-0.2, -0.15) is 0 Å². The molecular formula is C18H32O4. The summed E-state index contributed by atoms with van der Waals surface area (Å²) >= 11 is 0. The Balaban J connectivity index is 2.88. The molecule has 128 valence electrons. The number of unbranched alkanes of at least 4 members (excludes halogenated alkanes) is 3. The van der Waals surface area contributed by atoms with Crippen molar-refractivity contribution in [1.82, 2.24) is 0 Å². The Morgan fingerprint density at radius 3 is 2.36 bits per heavy atom. The highest BCUT2D eigenvalue weighted by Gasteiger charge is 2.50. The van der Waals surface area contributed by atoms with Crippen LogP contribution < -0.4 is 0 Å². The number of hydrogen-bond acceptors (Lipinski definition) is 2. The molecule has 0 spiro atoms. The number of carboxylic acid groups (broad SMARTS) is 2. The minimum Gasteiger partial charge on any atom is -0.481 e. The van der Waals surface area contributed by atoms with Crippen molar-refractivity contribution in [2.24, 2.45) is 23.2 Å². The second kappa shape index (κ2) is 8.54. The largest absolute Gasteiger partial charge is 0.481 e. The summed E-state index contributed by atoms with van der Waals surface area (Å²) in [7, 11) is 0. The van der Waals surface area contributed by atoms with Crippen molar-refractivity contribution in [3.8, 4) is 0 Å². The van der Waals surface area contributed by atoms with E-state index in [2.05, 4.69) is 20.8 Å². The first kappa shape index (κ1) is 19.0. The van der Waals surface area contributed by atoms with E-state index in [1.807, 2.05) is 0 Å². The molecule has 0 saturated heterocycles. The van der Waals surface area contributed by atoms with E-state index in [-0.39, 0.29) is 11.8 Å². The summed E-state index contributed by atoms with van der Waals surface area (Å²) in [4.78, 5) is 23.4. The first-order chi connectivity index (χ1) is 10.3. The molecular weight excluding hydrogens is 280 g/mol.